The van der Waals surface area contributed by atoms with E-state index >= 15 is 0 Å². The molecule has 1 aliphatic heterocycles. The van der Waals surface area contributed by atoms with Gasteiger partial charge in [-0.2, -0.15) is 17.0 Å². The zero-order valence-electron chi connectivity index (χ0n) is 12.6. The minimum absolute atomic E-state index is 0.160. The maximum Gasteiger partial charge on any atom is 0.282 e. The van der Waals surface area contributed by atoms with Gasteiger partial charge in [0.15, 0.2) is 0 Å². The largest absolute Gasteiger partial charge is 0.329 e. The van der Waals surface area contributed by atoms with Gasteiger partial charge in [0.25, 0.3) is 10.2 Å². The Labute approximate surface area is 127 Å². The number of benzene rings is 1. The molecule has 118 valence electrons. The number of hydrogen-bond acceptors (Lipinski definition) is 4. The highest BCUT2D eigenvalue weighted by atomic mass is 32.2. The van der Waals surface area contributed by atoms with E-state index in [2.05, 4.69) is 4.90 Å². The zero-order valence-corrected chi connectivity index (χ0v) is 13.5. The topological polar surface area (TPSA) is 69.9 Å². The Morgan fingerprint density at radius 3 is 2.57 bits per heavy atom. The third-order valence-corrected chi connectivity index (χ3v) is 5.83. The van der Waals surface area contributed by atoms with E-state index in [1.54, 1.807) is 7.05 Å². The maximum atomic E-state index is 12.7. The van der Waals surface area contributed by atoms with Gasteiger partial charge in [-0.1, -0.05) is 30.3 Å². The van der Waals surface area contributed by atoms with Gasteiger partial charge >= 0.3 is 0 Å². The normalized spacial score (nSPS) is 21.8. The molecule has 6 nitrogen and oxygen atoms in total. The number of likely N-dealkylation sites (N-methyl/N-ethyl adjacent to an activating group) is 1. The van der Waals surface area contributed by atoms with Crippen LogP contribution in [0.4, 0.5) is 0 Å². The summed E-state index contributed by atoms with van der Waals surface area (Å²) in [7, 11) is 0.121. The van der Waals surface area contributed by atoms with Crippen LogP contribution in [-0.2, 0) is 16.8 Å². The lowest BCUT2D eigenvalue weighted by Crippen LogP contribution is -2.59. The summed E-state index contributed by atoms with van der Waals surface area (Å²) in [4.78, 5) is 2.11. The second-order valence-electron chi connectivity index (χ2n) is 5.51. The quantitative estimate of drug-likeness (QED) is 0.827. The van der Waals surface area contributed by atoms with Gasteiger partial charge < -0.3 is 10.6 Å². The Hall–Kier alpha value is -0.990. The van der Waals surface area contributed by atoms with E-state index in [9.17, 15) is 8.42 Å². The van der Waals surface area contributed by atoms with Crippen molar-refractivity contribution in [1.82, 2.24) is 13.5 Å². The van der Waals surface area contributed by atoms with Crippen LogP contribution in [0.5, 0.6) is 0 Å². The van der Waals surface area contributed by atoms with Gasteiger partial charge in [0, 0.05) is 39.8 Å². The predicted octanol–water partition coefficient (Wildman–Crippen LogP) is -0.0621. The fraction of sp³-hybridized carbons (Fsp3) is 0.571. The average molecular weight is 312 g/mol. The molecule has 1 saturated heterocycles. The zero-order chi connectivity index (χ0) is 15.5. The molecule has 0 radical (unpaired) electrons. The van der Waals surface area contributed by atoms with Crippen molar-refractivity contribution in [1.29, 1.82) is 0 Å². The van der Waals surface area contributed by atoms with Crippen LogP contribution in [0.2, 0.25) is 0 Å². The van der Waals surface area contributed by atoms with Crippen LogP contribution < -0.4 is 5.73 Å². The summed E-state index contributed by atoms with van der Waals surface area (Å²) in [5.41, 5.74) is 6.73. The summed E-state index contributed by atoms with van der Waals surface area (Å²) in [6, 6.07) is 9.44. The molecule has 0 aromatic heterocycles. The molecule has 1 aliphatic rings. The molecule has 0 aliphatic carbocycles. The molecule has 7 heteroatoms. The molecular formula is C14H24N4O2S. The Morgan fingerprint density at radius 1 is 1.29 bits per heavy atom. The summed E-state index contributed by atoms with van der Waals surface area (Å²) >= 11 is 0. The molecule has 0 spiro atoms. The lowest BCUT2D eigenvalue weighted by atomic mass is 10.2. The third kappa shape index (κ3) is 3.81. The van der Waals surface area contributed by atoms with E-state index in [1.807, 2.05) is 37.4 Å². The SMILES string of the molecule is CN1CCN(S(=O)(=O)N(C)Cc2ccccc2)C(CN)C1. The molecule has 1 aromatic carbocycles. The number of rotatable bonds is 5. The molecule has 1 unspecified atom stereocenters. The average Bonchev–Trinajstić information content (AvgIpc) is 2.47. The number of nitrogens with two attached hydrogens (primary N) is 1. The van der Waals surface area contributed by atoms with Crippen LogP contribution in [0, 0.1) is 0 Å². The molecule has 0 amide bonds. The lowest BCUT2D eigenvalue weighted by molar-refractivity contribution is 0.156. The summed E-state index contributed by atoms with van der Waals surface area (Å²) in [6.45, 7) is 2.60. The Balaban J connectivity index is 2.12. The minimum Gasteiger partial charge on any atom is -0.329 e. The number of nitrogens with zero attached hydrogens (tertiary/aromatic N) is 3. The molecule has 2 N–H and O–H groups in total. The third-order valence-electron chi connectivity index (χ3n) is 3.84. The van der Waals surface area contributed by atoms with E-state index in [4.69, 9.17) is 5.73 Å². The fourth-order valence-electron chi connectivity index (χ4n) is 2.59. The van der Waals surface area contributed by atoms with Gasteiger partial charge in [0.1, 0.15) is 0 Å². The highest BCUT2D eigenvalue weighted by Gasteiger charge is 2.35. The number of hydrogen-bond donors (Lipinski definition) is 1. The van der Waals surface area contributed by atoms with Gasteiger partial charge in [0.05, 0.1) is 6.04 Å². The van der Waals surface area contributed by atoms with E-state index in [-0.39, 0.29) is 6.04 Å². The van der Waals surface area contributed by atoms with E-state index in [0.29, 0.717) is 26.2 Å². The van der Waals surface area contributed by atoms with Crippen LogP contribution >= 0.6 is 0 Å². The fourth-order valence-corrected chi connectivity index (χ4v) is 4.10. The standard InChI is InChI=1S/C14H24N4O2S/c1-16-8-9-18(14(10-15)12-16)21(19,20)17(2)11-13-6-4-3-5-7-13/h3-7,14H,8-12,15H2,1-2H3. The van der Waals surface area contributed by atoms with E-state index < -0.39 is 10.2 Å². The summed E-state index contributed by atoms with van der Waals surface area (Å²) in [5.74, 6) is 0. The van der Waals surface area contributed by atoms with Gasteiger partial charge in [-0.25, -0.2) is 0 Å². The van der Waals surface area contributed by atoms with Crippen molar-refractivity contribution in [3.05, 3.63) is 35.9 Å². The minimum atomic E-state index is -3.48. The van der Waals surface area contributed by atoms with Crippen LogP contribution in [0.1, 0.15) is 5.56 Å². The van der Waals surface area contributed by atoms with Crippen molar-refractivity contribution < 1.29 is 8.42 Å². The van der Waals surface area contributed by atoms with E-state index in [0.717, 1.165) is 12.1 Å². The molecule has 21 heavy (non-hydrogen) atoms. The van der Waals surface area contributed by atoms with Crippen molar-refractivity contribution in [3.8, 4) is 0 Å². The van der Waals surface area contributed by atoms with Crippen LogP contribution in [0.3, 0.4) is 0 Å². The van der Waals surface area contributed by atoms with E-state index in [1.165, 1.54) is 8.61 Å². The second kappa shape index (κ2) is 6.85. The molecular weight excluding hydrogens is 288 g/mol. The molecule has 2 rings (SSSR count). The first-order valence-corrected chi connectivity index (χ1v) is 8.50. The Bertz CT molecular complexity index is 549. The highest BCUT2D eigenvalue weighted by molar-refractivity contribution is 7.86. The molecule has 1 heterocycles. The molecule has 1 fully saturated rings. The number of piperazine rings is 1. The molecule has 1 aromatic rings. The summed E-state index contributed by atoms with van der Waals surface area (Å²) < 4.78 is 28.4. The first-order valence-electron chi connectivity index (χ1n) is 7.11. The Kier molecular flexibility index (Phi) is 5.34. The molecule has 0 saturated carbocycles. The van der Waals surface area contributed by atoms with Gasteiger partial charge in [-0.3, -0.25) is 0 Å². The molecule has 1 atom stereocenters. The first kappa shape index (κ1) is 16.4. The Morgan fingerprint density at radius 2 is 1.95 bits per heavy atom. The van der Waals surface area contributed by atoms with Gasteiger partial charge in [0.2, 0.25) is 0 Å². The van der Waals surface area contributed by atoms with Crippen molar-refractivity contribution in [3.63, 3.8) is 0 Å². The first-order chi connectivity index (χ1) is 9.95. The monoisotopic (exact) mass is 312 g/mol. The predicted molar refractivity (Wildman–Crippen MR) is 83.9 cm³/mol. The van der Waals surface area contributed by atoms with Crippen molar-refractivity contribution in [2.24, 2.45) is 5.73 Å². The summed E-state index contributed by atoms with van der Waals surface area (Å²) in [6.07, 6.45) is 0. The van der Waals surface area contributed by atoms with Gasteiger partial charge in [-0.15, -0.1) is 0 Å². The summed E-state index contributed by atoms with van der Waals surface area (Å²) in [5, 5.41) is 0. The second-order valence-corrected chi connectivity index (χ2v) is 7.50. The lowest BCUT2D eigenvalue weighted by Gasteiger charge is -2.40. The van der Waals surface area contributed by atoms with Crippen LogP contribution in [0.25, 0.3) is 0 Å². The maximum absolute atomic E-state index is 12.7. The molecule has 0 bridgehead atoms. The van der Waals surface area contributed by atoms with Crippen LogP contribution in [0.15, 0.2) is 30.3 Å². The van der Waals surface area contributed by atoms with Crippen molar-refractivity contribution in [2.75, 3.05) is 40.3 Å². The van der Waals surface area contributed by atoms with Crippen molar-refractivity contribution in [2.45, 2.75) is 12.6 Å². The van der Waals surface area contributed by atoms with Crippen LogP contribution in [-0.4, -0.2) is 68.2 Å². The van der Waals surface area contributed by atoms with Crippen molar-refractivity contribution >= 4 is 10.2 Å². The highest BCUT2D eigenvalue weighted by Crippen LogP contribution is 2.17. The van der Waals surface area contributed by atoms with Gasteiger partial charge in [-0.05, 0) is 12.6 Å². The smallest absolute Gasteiger partial charge is 0.282 e.